The second-order valence-electron chi connectivity index (χ2n) is 24.9. The van der Waals surface area contributed by atoms with Crippen molar-refractivity contribution < 1.29 is 0 Å². The van der Waals surface area contributed by atoms with Gasteiger partial charge in [-0.25, -0.2) is 9.97 Å². The van der Waals surface area contributed by atoms with Gasteiger partial charge in [0.15, 0.2) is 0 Å². The lowest BCUT2D eigenvalue weighted by atomic mass is 9.82. The molecule has 4 nitrogen and oxygen atoms in total. The van der Waals surface area contributed by atoms with Crippen LogP contribution in [0.25, 0.3) is 99.2 Å². The molecule has 0 atom stereocenters. The molecule has 15 aromatic rings. The molecule has 0 fully saturated rings. The third-order valence-electron chi connectivity index (χ3n) is 18.9. The number of fused-ring (bicyclic) bond motifs is 11. The fraction of sp³-hybridized carbons (Fsp3) is 0.0698. The number of aromatic nitrogens is 2. The first-order chi connectivity index (χ1) is 44.1. The number of benzene rings is 13. The van der Waals surface area contributed by atoms with Gasteiger partial charge in [0, 0.05) is 66.3 Å². The maximum atomic E-state index is 5.28. The molecule has 2 aliphatic rings. The number of hydrogen-bond donors (Lipinski definition) is 0. The molecular weight excluding hydrogens is 1090 g/mol. The average Bonchev–Trinajstić information content (AvgIpc) is 1.58. The van der Waals surface area contributed by atoms with Gasteiger partial charge >= 0.3 is 0 Å². The highest BCUT2D eigenvalue weighted by molar-refractivity contribution is 6.05. The van der Waals surface area contributed by atoms with Crippen molar-refractivity contribution in [3.63, 3.8) is 0 Å². The second-order valence-corrected chi connectivity index (χ2v) is 24.9. The molecule has 0 bridgehead atoms. The molecular formula is C86H64N4. The Kier molecular flexibility index (Phi) is 13.2. The molecule has 0 spiro atoms. The minimum Gasteiger partial charge on any atom is -0.310 e. The summed E-state index contributed by atoms with van der Waals surface area (Å²) in [4.78, 5) is 15.2. The van der Waals surface area contributed by atoms with Crippen molar-refractivity contribution in [1.29, 1.82) is 0 Å². The van der Waals surface area contributed by atoms with Crippen LogP contribution in [0.4, 0.5) is 34.1 Å². The summed E-state index contributed by atoms with van der Waals surface area (Å²) in [7, 11) is 0. The highest BCUT2D eigenvalue weighted by Crippen LogP contribution is 2.52. The maximum Gasteiger partial charge on any atom is 0.0972 e. The van der Waals surface area contributed by atoms with Crippen molar-refractivity contribution in [1.82, 2.24) is 9.97 Å². The Hall–Kier alpha value is -11.2. The van der Waals surface area contributed by atoms with Gasteiger partial charge in [-0.05, 0) is 151 Å². The van der Waals surface area contributed by atoms with Gasteiger partial charge in [-0.15, -0.1) is 0 Å². The average molecular weight is 1150 g/mol. The molecule has 0 radical (unpaired) electrons. The van der Waals surface area contributed by atoms with Crippen LogP contribution >= 0.6 is 0 Å². The zero-order chi connectivity index (χ0) is 60.5. The summed E-state index contributed by atoms with van der Waals surface area (Å²) in [5, 5.41) is 7.11. The van der Waals surface area contributed by atoms with Crippen molar-refractivity contribution in [2.45, 2.75) is 38.5 Å². The first-order valence-corrected chi connectivity index (χ1v) is 31.2. The molecule has 0 saturated heterocycles. The van der Waals surface area contributed by atoms with Crippen LogP contribution in [0.15, 0.2) is 315 Å². The molecule has 2 aliphatic carbocycles. The number of anilines is 6. The van der Waals surface area contributed by atoms with E-state index in [1.54, 1.807) is 0 Å². The van der Waals surface area contributed by atoms with Gasteiger partial charge in [0.25, 0.3) is 0 Å². The Morgan fingerprint density at radius 1 is 0.244 bits per heavy atom. The Morgan fingerprint density at radius 3 is 1.01 bits per heavy atom. The van der Waals surface area contributed by atoms with E-state index in [0.29, 0.717) is 0 Å². The van der Waals surface area contributed by atoms with E-state index < -0.39 is 0 Å². The van der Waals surface area contributed by atoms with Gasteiger partial charge in [0.1, 0.15) is 0 Å². The SMILES string of the molecule is CC1(C)c2ccccc2-c2ccc(-c3ccc4ccc5ccc(-c6ccc7c(c6)C(C)(C)c6ccccc6-7)nc5c4n3)cc21.c1ccc(N(c2ccc(-c3ccc(N(c4ccccc4)c4cccc5ccccc45)cc3)cc2)c2cccc3ccccc23)cc1. The summed E-state index contributed by atoms with van der Waals surface area (Å²) < 4.78 is 0. The van der Waals surface area contributed by atoms with E-state index in [2.05, 4.69) is 353 Å². The smallest absolute Gasteiger partial charge is 0.0972 e. The predicted molar refractivity (Wildman–Crippen MR) is 379 cm³/mol. The van der Waals surface area contributed by atoms with E-state index in [1.165, 1.54) is 77.2 Å². The normalized spacial score (nSPS) is 13.1. The molecule has 2 aromatic heterocycles. The molecule has 0 unspecified atom stereocenters. The topological polar surface area (TPSA) is 32.3 Å². The van der Waals surface area contributed by atoms with Crippen LogP contribution in [-0.4, -0.2) is 9.97 Å². The molecule has 428 valence electrons. The number of nitrogens with zero attached hydrogens (tertiary/aromatic N) is 4. The van der Waals surface area contributed by atoms with Crippen molar-refractivity contribution in [2.75, 3.05) is 9.80 Å². The summed E-state index contributed by atoms with van der Waals surface area (Å²) in [6.45, 7) is 9.31. The number of hydrogen-bond acceptors (Lipinski definition) is 4. The van der Waals surface area contributed by atoms with Crippen LogP contribution in [0.3, 0.4) is 0 Å². The highest BCUT2D eigenvalue weighted by Gasteiger charge is 2.37. The predicted octanol–water partition coefficient (Wildman–Crippen LogP) is 23.3. The summed E-state index contributed by atoms with van der Waals surface area (Å²) in [5.41, 5.74) is 26.0. The summed E-state index contributed by atoms with van der Waals surface area (Å²) in [6, 6.07) is 113. The number of para-hydroxylation sites is 2. The fourth-order valence-corrected chi connectivity index (χ4v) is 14.2. The quantitative estimate of drug-likeness (QED) is 0.135. The Labute approximate surface area is 526 Å². The van der Waals surface area contributed by atoms with Crippen molar-refractivity contribution in [2.24, 2.45) is 0 Å². The van der Waals surface area contributed by atoms with Crippen LogP contribution in [0.2, 0.25) is 0 Å². The molecule has 0 aliphatic heterocycles. The van der Waals surface area contributed by atoms with Crippen molar-refractivity contribution in [3.8, 4) is 55.9 Å². The van der Waals surface area contributed by atoms with Crippen molar-refractivity contribution >= 4 is 77.5 Å². The van der Waals surface area contributed by atoms with E-state index in [9.17, 15) is 0 Å². The first kappa shape index (κ1) is 54.2. The summed E-state index contributed by atoms with van der Waals surface area (Å²) in [6.07, 6.45) is 0. The lowest BCUT2D eigenvalue weighted by Crippen LogP contribution is -2.14. The minimum absolute atomic E-state index is 0.0479. The van der Waals surface area contributed by atoms with E-state index in [0.717, 1.165) is 78.4 Å². The third-order valence-corrected chi connectivity index (χ3v) is 18.9. The summed E-state index contributed by atoms with van der Waals surface area (Å²) in [5.74, 6) is 0. The largest absolute Gasteiger partial charge is 0.310 e. The molecule has 0 amide bonds. The molecule has 2 heterocycles. The Morgan fingerprint density at radius 2 is 0.578 bits per heavy atom. The maximum absolute atomic E-state index is 5.28. The van der Waals surface area contributed by atoms with Gasteiger partial charge in [-0.3, -0.25) is 0 Å². The van der Waals surface area contributed by atoms with Gasteiger partial charge in [0.2, 0.25) is 0 Å². The molecule has 90 heavy (non-hydrogen) atoms. The van der Waals surface area contributed by atoms with Gasteiger partial charge in [-0.2, -0.15) is 0 Å². The molecule has 0 N–H and O–H groups in total. The van der Waals surface area contributed by atoms with Crippen LogP contribution in [-0.2, 0) is 10.8 Å². The van der Waals surface area contributed by atoms with Crippen LogP contribution in [0.5, 0.6) is 0 Å². The second kappa shape index (κ2) is 21.9. The number of pyridine rings is 2. The molecule has 17 rings (SSSR count). The summed E-state index contributed by atoms with van der Waals surface area (Å²) >= 11 is 0. The fourth-order valence-electron chi connectivity index (χ4n) is 14.2. The zero-order valence-electron chi connectivity index (χ0n) is 50.8. The lowest BCUT2D eigenvalue weighted by molar-refractivity contribution is 0.660. The molecule has 4 heteroatoms. The van der Waals surface area contributed by atoms with E-state index in [4.69, 9.17) is 9.97 Å². The third kappa shape index (κ3) is 9.30. The molecule has 0 saturated carbocycles. The Balaban J connectivity index is 0.000000144. The van der Waals surface area contributed by atoms with Crippen LogP contribution in [0, 0.1) is 0 Å². The van der Waals surface area contributed by atoms with Crippen molar-refractivity contribution in [3.05, 3.63) is 338 Å². The van der Waals surface area contributed by atoms with Gasteiger partial charge < -0.3 is 9.80 Å². The van der Waals surface area contributed by atoms with E-state index in [-0.39, 0.29) is 10.8 Å². The monoisotopic (exact) mass is 1150 g/mol. The number of rotatable bonds is 9. The first-order valence-electron chi connectivity index (χ1n) is 31.2. The Bertz CT molecular complexity index is 4900. The van der Waals surface area contributed by atoms with Crippen LogP contribution < -0.4 is 9.80 Å². The lowest BCUT2D eigenvalue weighted by Gasteiger charge is -2.27. The standard InChI is InChI=1S/C44H32N2.C42H32N2/c1-3-17-37(18-4-1)45(43-23-11-15-35-13-7-9-21-41(35)43)39-29-25-33(26-30-39)34-27-31-40(32-28-34)46(38-19-5-2-6-20-38)44-24-12-16-36-14-8-10-22-42(36)44;1-41(2)33-11-7-5-9-29(33)31-19-15-27(23-35(31)41)37-21-17-25-13-14-26-18-22-38(44-40(26)39(25)43-37)28-16-20-32-30-10-6-8-12-34(30)42(3,4)36(32)24-28/h1-32H;5-24H,1-4H3. The highest BCUT2D eigenvalue weighted by atomic mass is 15.1. The van der Waals surface area contributed by atoms with Gasteiger partial charge in [0.05, 0.1) is 33.8 Å². The zero-order valence-corrected chi connectivity index (χ0v) is 50.8. The van der Waals surface area contributed by atoms with Crippen LogP contribution in [0.1, 0.15) is 49.9 Å². The van der Waals surface area contributed by atoms with E-state index in [1.807, 2.05) is 0 Å². The van der Waals surface area contributed by atoms with E-state index >= 15 is 0 Å². The minimum atomic E-state index is -0.0479. The molecule has 13 aromatic carbocycles. The van der Waals surface area contributed by atoms with Gasteiger partial charge in [-0.1, -0.05) is 258 Å².